The van der Waals surface area contributed by atoms with E-state index in [-0.39, 0.29) is 50.2 Å². The number of benzene rings is 2. The molecule has 2 aromatic rings. The zero-order valence-corrected chi connectivity index (χ0v) is 28.2. The van der Waals surface area contributed by atoms with E-state index in [9.17, 15) is 19.2 Å². The number of carbonyl (C=O) groups is 4. The number of hydroxylamine groups is 1. The Morgan fingerprint density at radius 3 is 2.06 bits per heavy atom. The molecule has 0 aliphatic heterocycles. The minimum absolute atomic E-state index is 0. The number of carbonyl (C=O) groups excluding carboxylic acids is 4. The number of halogens is 1. The smallest absolute Gasteiger partial charge is 0.334 e. The van der Waals surface area contributed by atoms with Crippen LogP contribution in [0, 0.1) is 0 Å². The van der Waals surface area contributed by atoms with E-state index in [1.807, 2.05) is 30.3 Å². The van der Waals surface area contributed by atoms with Gasteiger partial charge in [-0.1, -0.05) is 54.6 Å². The number of methoxy groups -OCH3 is 1. The molecule has 2 aromatic carbocycles. The minimum Gasteiger partial charge on any atom is -0.382 e. The molecule has 0 radical (unpaired) electrons. The zero-order valence-electron chi connectivity index (χ0n) is 27.3. The normalized spacial score (nSPS) is 11.2. The van der Waals surface area contributed by atoms with Gasteiger partial charge in [-0.05, 0) is 61.6 Å². The van der Waals surface area contributed by atoms with Crippen LogP contribution in [0.25, 0.3) is 0 Å². The number of nitrogens with two attached hydrogens (primary N) is 1. The molecule has 1 atom stereocenters. The van der Waals surface area contributed by atoms with E-state index in [0.717, 1.165) is 31.2 Å². The molecule has 12 nitrogen and oxygen atoms in total. The van der Waals surface area contributed by atoms with Gasteiger partial charge in [0.05, 0.1) is 45.3 Å². The van der Waals surface area contributed by atoms with E-state index < -0.39 is 17.9 Å². The molecule has 3 amide bonds. The van der Waals surface area contributed by atoms with Gasteiger partial charge < -0.3 is 35.4 Å². The van der Waals surface area contributed by atoms with E-state index in [0.29, 0.717) is 52.2 Å². The molecule has 0 saturated carbocycles. The van der Waals surface area contributed by atoms with E-state index in [4.69, 9.17) is 24.8 Å². The highest BCUT2D eigenvalue weighted by atomic mass is 35.5. The first-order valence-electron chi connectivity index (χ1n) is 15.9. The summed E-state index contributed by atoms with van der Waals surface area (Å²) < 4.78 is 15.3. The van der Waals surface area contributed by atoms with Crippen molar-refractivity contribution in [1.29, 1.82) is 0 Å². The van der Waals surface area contributed by atoms with Gasteiger partial charge in [-0.15, -0.1) is 12.4 Å². The van der Waals surface area contributed by atoms with Crippen LogP contribution in [-0.2, 0) is 57.5 Å². The van der Waals surface area contributed by atoms with Crippen LogP contribution >= 0.6 is 12.4 Å². The van der Waals surface area contributed by atoms with Crippen LogP contribution in [0.5, 0.6) is 0 Å². The first-order valence-corrected chi connectivity index (χ1v) is 15.9. The van der Waals surface area contributed by atoms with Crippen molar-refractivity contribution in [2.24, 2.45) is 5.73 Å². The highest BCUT2D eigenvalue weighted by Crippen LogP contribution is 2.11. The highest BCUT2D eigenvalue weighted by molar-refractivity contribution is 5.85. The Kier molecular flexibility index (Phi) is 23.4. The van der Waals surface area contributed by atoms with Crippen molar-refractivity contribution in [2.75, 3.05) is 53.2 Å². The summed E-state index contributed by atoms with van der Waals surface area (Å²) in [6.07, 6.45) is 5.90. The van der Waals surface area contributed by atoms with Crippen molar-refractivity contribution >= 4 is 36.1 Å². The molecule has 5 N–H and O–H groups in total. The number of unbranched alkanes of at least 4 members (excludes halogenated alkanes) is 2. The summed E-state index contributed by atoms with van der Waals surface area (Å²) in [5.41, 5.74) is 11.5. The second kappa shape index (κ2) is 26.5. The van der Waals surface area contributed by atoms with Crippen molar-refractivity contribution in [1.82, 2.24) is 16.1 Å². The summed E-state index contributed by atoms with van der Waals surface area (Å²) in [5, 5.41) is 5.34. The van der Waals surface area contributed by atoms with Gasteiger partial charge in [0.2, 0.25) is 11.8 Å². The highest BCUT2D eigenvalue weighted by Gasteiger charge is 2.14. The quantitative estimate of drug-likeness (QED) is 0.0964. The van der Waals surface area contributed by atoms with Gasteiger partial charge in [0.25, 0.3) is 5.91 Å². The fourth-order valence-corrected chi connectivity index (χ4v) is 4.36. The zero-order chi connectivity index (χ0) is 33.2. The van der Waals surface area contributed by atoms with Gasteiger partial charge in [-0.2, -0.15) is 5.48 Å². The van der Waals surface area contributed by atoms with E-state index in [2.05, 4.69) is 40.4 Å². The summed E-state index contributed by atoms with van der Waals surface area (Å²) in [4.78, 5) is 52.9. The lowest BCUT2D eigenvalue weighted by Crippen LogP contribution is -2.41. The second-order valence-corrected chi connectivity index (χ2v) is 10.8. The average Bonchev–Trinajstić information content (AvgIpc) is 3.06. The van der Waals surface area contributed by atoms with E-state index >= 15 is 0 Å². The summed E-state index contributed by atoms with van der Waals surface area (Å²) >= 11 is 0. The first kappa shape index (κ1) is 41.5. The lowest BCUT2D eigenvalue weighted by Gasteiger charge is -2.12. The van der Waals surface area contributed by atoms with Crippen LogP contribution in [0.2, 0.25) is 0 Å². The maximum atomic E-state index is 12.2. The molecule has 0 aliphatic carbocycles. The van der Waals surface area contributed by atoms with Gasteiger partial charge >= 0.3 is 5.97 Å². The molecule has 13 heteroatoms. The van der Waals surface area contributed by atoms with Crippen LogP contribution in [-0.4, -0.2) is 83.0 Å². The molecule has 0 spiro atoms. The van der Waals surface area contributed by atoms with Crippen LogP contribution in [0.1, 0.15) is 55.2 Å². The third kappa shape index (κ3) is 21.0. The van der Waals surface area contributed by atoms with Gasteiger partial charge in [0.15, 0.2) is 0 Å². The molecular formula is C34H51ClN4O8. The largest absolute Gasteiger partial charge is 0.382 e. The molecule has 0 aromatic heterocycles. The van der Waals surface area contributed by atoms with Crippen molar-refractivity contribution < 1.29 is 38.2 Å². The molecule has 1 unspecified atom stereocenters. The minimum atomic E-state index is -0.742. The maximum absolute atomic E-state index is 12.2. The second-order valence-electron chi connectivity index (χ2n) is 10.8. The van der Waals surface area contributed by atoms with Crippen LogP contribution < -0.4 is 21.8 Å². The Morgan fingerprint density at radius 1 is 0.723 bits per heavy atom. The molecule has 2 rings (SSSR count). The lowest BCUT2D eigenvalue weighted by atomic mass is 10.0. The number of hydrogen-bond acceptors (Lipinski definition) is 9. The fraction of sp³-hybridized carbons (Fsp3) is 0.529. The number of aryl methyl sites for hydroxylation is 2. The third-order valence-electron chi connectivity index (χ3n) is 6.96. The van der Waals surface area contributed by atoms with E-state index in [1.165, 1.54) is 11.1 Å². The summed E-state index contributed by atoms with van der Waals surface area (Å²) in [7, 11) is 1.59. The molecule has 0 saturated heterocycles. The molecule has 47 heavy (non-hydrogen) atoms. The van der Waals surface area contributed by atoms with Crippen LogP contribution in [0.4, 0.5) is 0 Å². The number of rotatable bonds is 24. The Hall–Kier alpha value is -3.55. The van der Waals surface area contributed by atoms with E-state index in [1.54, 1.807) is 7.11 Å². The predicted octanol–water partition coefficient (Wildman–Crippen LogP) is 2.59. The van der Waals surface area contributed by atoms with Crippen molar-refractivity contribution in [3.8, 4) is 0 Å². The molecule has 0 fully saturated rings. The fourth-order valence-electron chi connectivity index (χ4n) is 4.36. The average molecular weight is 679 g/mol. The molecule has 0 bridgehead atoms. The predicted molar refractivity (Wildman–Crippen MR) is 181 cm³/mol. The Morgan fingerprint density at radius 2 is 1.36 bits per heavy atom. The maximum Gasteiger partial charge on any atom is 0.334 e. The SMILES string of the molecule is COCCOCCOCC(=O)NCCCCC(N)C(=O)NCCC(=O)ONC(=O)Cc1ccc(CCCCc2ccccc2)cc1.Cl. The topological polar surface area (TPSA) is 167 Å². The monoisotopic (exact) mass is 678 g/mol. The van der Waals surface area contributed by atoms with Crippen molar-refractivity contribution in [3.05, 3.63) is 71.3 Å². The Labute approximate surface area is 284 Å². The van der Waals surface area contributed by atoms with Crippen LogP contribution in [0.15, 0.2) is 54.6 Å². The molecule has 0 heterocycles. The standard InChI is InChI=1S/C34H50N4O8.ClH/c1-43-21-22-44-23-24-45-26-32(40)36-19-8-7-13-30(35)34(42)37-20-18-33(41)46-38-31(39)25-29-16-14-28(15-17-29)12-6-5-11-27-9-3-2-4-10-27;/h2-4,9-10,14-17,30H,5-8,11-13,18-26,35H2,1H3,(H,36,40)(H,37,42)(H,38,39);1H. The Bertz CT molecular complexity index is 1150. The van der Waals surface area contributed by atoms with Crippen molar-refractivity contribution in [3.63, 3.8) is 0 Å². The van der Waals surface area contributed by atoms with Gasteiger partial charge in [-0.3, -0.25) is 14.4 Å². The molecular weight excluding hydrogens is 628 g/mol. The first-order chi connectivity index (χ1) is 22.4. The lowest BCUT2D eigenvalue weighted by molar-refractivity contribution is -0.158. The third-order valence-corrected chi connectivity index (χ3v) is 6.96. The number of nitrogens with one attached hydrogen (secondary N) is 3. The number of hydrogen-bond donors (Lipinski definition) is 4. The summed E-state index contributed by atoms with van der Waals surface area (Å²) in [5.74, 6) is -1.73. The van der Waals surface area contributed by atoms with Gasteiger partial charge in [-0.25, -0.2) is 4.79 Å². The summed E-state index contributed by atoms with van der Waals surface area (Å²) in [6, 6.07) is 17.5. The van der Waals surface area contributed by atoms with Crippen molar-refractivity contribution in [2.45, 2.75) is 63.8 Å². The van der Waals surface area contributed by atoms with Gasteiger partial charge in [0, 0.05) is 20.2 Å². The molecule has 0 aliphatic rings. The number of ether oxygens (including phenoxy) is 3. The van der Waals surface area contributed by atoms with Crippen LogP contribution in [0.3, 0.4) is 0 Å². The molecule has 262 valence electrons. The van der Waals surface area contributed by atoms with Gasteiger partial charge in [0.1, 0.15) is 6.61 Å². The summed E-state index contributed by atoms with van der Waals surface area (Å²) in [6.45, 7) is 2.12. The Balaban J connectivity index is 0.0000110. The number of amides is 3.